The second-order valence-electron chi connectivity index (χ2n) is 1.14. The molecule has 0 aliphatic heterocycles. The molecule has 0 aliphatic carbocycles. The molecule has 0 saturated heterocycles. The molecule has 0 aromatic carbocycles. The fourth-order valence-corrected chi connectivity index (χ4v) is 0.298. The Hall–Kier alpha value is 0.0523. The van der Waals surface area contributed by atoms with E-state index in [-0.39, 0.29) is 20.4 Å². The van der Waals surface area contributed by atoms with Crippen LogP contribution in [0.5, 0.6) is 0 Å². The number of carbonyl (C=O) groups is 1. The van der Waals surface area contributed by atoms with E-state index in [4.69, 9.17) is 5.11 Å². The number of ether oxygens (including phenoxy) is 2. The van der Waals surface area contributed by atoms with E-state index in [0.29, 0.717) is 0 Å². The summed E-state index contributed by atoms with van der Waals surface area (Å²) in [6.45, 7) is 0. The molecule has 4 nitrogen and oxygen atoms in total. The molecule has 5 heteroatoms. The van der Waals surface area contributed by atoms with Gasteiger partial charge in [0.2, 0.25) is 0 Å². The predicted octanol–water partition coefficient (Wildman–Crippen LogP) is -0.313. The molecule has 0 aromatic rings. The summed E-state index contributed by atoms with van der Waals surface area (Å²) in [5, 5.41) is 8.12. The van der Waals surface area contributed by atoms with E-state index in [1.807, 2.05) is 0 Å². The molecule has 0 spiro atoms. The van der Waals surface area contributed by atoms with Gasteiger partial charge >= 0.3 is 5.97 Å². The van der Waals surface area contributed by atoms with E-state index in [9.17, 15) is 4.79 Å². The van der Waals surface area contributed by atoms with Crippen molar-refractivity contribution in [2.75, 3.05) is 14.2 Å². The molecule has 0 amide bonds. The van der Waals surface area contributed by atoms with Crippen molar-refractivity contribution in [2.45, 2.75) is 6.29 Å². The second kappa shape index (κ2) is 6.18. The van der Waals surface area contributed by atoms with Crippen molar-refractivity contribution in [3.63, 3.8) is 0 Å². The van der Waals surface area contributed by atoms with Crippen LogP contribution in [0.1, 0.15) is 0 Å². The minimum atomic E-state index is -1.13. The third-order valence-corrected chi connectivity index (χ3v) is 0.630. The topological polar surface area (TPSA) is 55.8 Å². The van der Waals surface area contributed by atoms with E-state index < -0.39 is 12.3 Å². The molecular formula is C4H8O4Pd. The van der Waals surface area contributed by atoms with Crippen LogP contribution in [0.4, 0.5) is 0 Å². The van der Waals surface area contributed by atoms with Crippen LogP contribution < -0.4 is 0 Å². The summed E-state index contributed by atoms with van der Waals surface area (Å²) in [6.07, 6.45) is -1.13. The maximum Gasteiger partial charge on any atom is 0.361 e. The molecule has 9 heavy (non-hydrogen) atoms. The van der Waals surface area contributed by atoms with E-state index in [0.717, 1.165) is 0 Å². The number of aliphatic carboxylic acids is 1. The summed E-state index contributed by atoms with van der Waals surface area (Å²) in [6, 6.07) is 0. The first-order valence-electron chi connectivity index (χ1n) is 2.00. The number of hydrogen-bond acceptors (Lipinski definition) is 3. The van der Waals surface area contributed by atoms with Gasteiger partial charge < -0.3 is 14.6 Å². The van der Waals surface area contributed by atoms with Crippen LogP contribution in [-0.2, 0) is 34.7 Å². The quantitative estimate of drug-likeness (QED) is 0.530. The van der Waals surface area contributed by atoms with Crippen molar-refractivity contribution in [2.24, 2.45) is 0 Å². The van der Waals surface area contributed by atoms with E-state index >= 15 is 0 Å². The normalized spacial score (nSPS) is 8.78. The van der Waals surface area contributed by atoms with Crippen LogP contribution in [-0.4, -0.2) is 31.6 Å². The molecule has 0 unspecified atom stereocenters. The first kappa shape index (κ1) is 11.8. The van der Waals surface area contributed by atoms with Crippen LogP contribution in [0.3, 0.4) is 0 Å². The molecule has 0 aromatic heterocycles. The van der Waals surface area contributed by atoms with Gasteiger partial charge in [0.1, 0.15) is 0 Å². The van der Waals surface area contributed by atoms with Crippen LogP contribution >= 0.6 is 0 Å². The van der Waals surface area contributed by atoms with Crippen molar-refractivity contribution in [3.05, 3.63) is 0 Å². The molecule has 0 saturated carbocycles. The average molecular weight is 227 g/mol. The predicted molar refractivity (Wildman–Crippen MR) is 25.4 cm³/mol. The van der Waals surface area contributed by atoms with Gasteiger partial charge in [0, 0.05) is 34.6 Å². The van der Waals surface area contributed by atoms with Crippen LogP contribution in [0.2, 0.25) is 0 Å². The van der Waals surface area contributed by atoms with Gasteiger partial charge in [-0.3, -0.25) is 0 Å². The Morgan fingerprint density at radius 2 is 1.78 bits per heavy atom. The van der Waals surface area contributed by atoms with E-state index in [1.54, 1.807) is 0 Å². The van der Waals surface area contributed by atoms with Gasteiger partial charge in [0.05, 0.1) is 0 Å². The number of rotatable bonds is 3. The number of hydrogen-bond donors (Lipinski definition) is 1. The van der Waals surface area contributed by atoms with Crippen molar-refractivity contribution in [3.8, 4) is 0 Å². The molecule has 0 aliphatic rings. The maximum absolute atomic E-state index is 9.91. The molecule has 0 radical (unpaired) electrons. The van der Waals surface area contributed by atoms with Crippen molar-refractivity contribution in [1.82, 2.24) is 0 Å². The van der Waals surface area contributed by atoms with Gasteiger partial charge in [-0.1, -0.05) is 0 Å². The molecule has 0 fully saturated rings. The molecule has 0 heterocycles. The van der Waals surface area contributed by atoms with Crippen LogP contribution in [0.15, 0.2) is 0 Å². The summed E-state index contributed by atoms with van der Waals surface area (Å²) in [5.74, 6) is -1.12. The van der Waals surface area contributed by atoms with Crippen molar-refractivity contribution in [1.29, 1.82) is 0 Å². The summed E-state index contributed by atoms with van der Waals surface area (Å²) in [7, 11) is 2.53. The molecule has 58 valence electrons. The Kier molecular flexibility index (Phi) is 8.10. The van der Waals surface area contributed by atoms with Crippen molar-refractivity contribution < 1.29 is 39.8 Å². The first-order chi connectivity index (χ1) is 3.72. The van der Waals surface area contributed by atoms with Gasteiger partial charge in [-0.25, -0.2) is 4.79 Å². The van der Waals surface area contributed by atoms with Crippen LogP contribution in [0.25, 0.3) is 0 Å². The Labute approximate surface area is 66.8 Å². The standard InChI is InChI=1S/C4H8O4.Pd/c1-7-4(8-2)3(5)6;/h4H,1-2H3,(H,5,6);. The van der Waals surface area contributed by atoms with Crippen LogP contribution in [0, 0.1) is 0 Å². The Morgan fingerprint density at radius 3 is 1.78 bits per heavy atom. The van der Waals surface area contributed by atoms with Gasteiger partial charge in [0.15, 0.2) is 0 Å². The zero-order valence-corrected chi connectivity index (χ0v) is 6.62. The third kappa shape index (κ3) is 4.55. The zero-order chi connectivity index (χ0) is 6.57. The number of methoxy groups -OCH3 is 2. The third-order valence-electron chi connectivity index (χ3n) is 0.630. The minimum Gasteiger partial charge on any atom is -0.477 e. The summed E-state index contributed by atoms with van der Waals surface area (Å²) < 4.78 is 8.68. The number of carboxylic acid groups (broad SMARTS) is 1. The van der Waals surface area contributed by atoms with Gasteiger partial charge in [-0.05, 0) is 0 Å². The summed E-state index contributed by atoms with van der Waals surface area (Å²) >= 11 is 0. The van der Waals surface area contributed by atoms with E-state index in [2.05, 4.69) is 9.47 Å². The molecule has 0 rings (SSSR count). The average Bonchev–Trinajstić information content (AvgIpc) is 1.69. The molecular weight excluding hydrogens is 218 g/mol. The monoisotopic (exact) mass is 226 g/mol. The van der Waals surface area contributed by atoms with Crippen molar-refractivity contribution >= 4 is 5.97 Å². The largest absolute Gasteiger partial charge is 0.477 e. The smallest absolute Gasteiger partial charge is 0.361 e. The Bertz CT molecular complexity index is 80.6. The van der Waals surface area contributed by atoms with E-state index in [1.165, 1.54) is 14.2 Å². The SMILES string of the molecule is COC(OC)C(=O)O.[Pd]. The van der Waals surface area contributed by atoms with Gasteiger partial charge in [-0.15, -0.1) is 0 Å². The molecule has 0 bridgehead atoms. The zero-order valence-electron chi connectivity index (χ0n) is 5.07. The van der Waals surface area contributed by atoms with Gasteiger partial charge in [0.25, 0.3) is 6.29 Å². The molecule has 0 atom stereocenters. The minimum absolute atomic E-state index is 0. The fraction of sp³-hybridized carbons (Fsp3) is 0.750. The molecule has 1 N–H and O–H groups in total. The Balaban J connectivity index is 0. The summed E-state index contributed by atoms with van der Waals surface area (Å²) in [4.78, 5) is 9.91. The number of carboxylic acids is 1. The Morgan fingerprint density at radius 1 is 1.44 bits per heavy atom. The summed E-state index contributed by atoms with van der Waals surface area (Å²) in [5.41, 5.74) is 0. The first-order valence-corrected chi connectivity index (χ1v) is 2.00. The van der Waals surface area contributed by atoms with Gasteiger partial charge in [-0.2, -0.15) is 0 Å². The fourth-order valence-electron chi connectivity index (χ4n) is 0.298. The second-order valence-corrected chi connectivity index (χ2v) is 1.14. The maximum atomic E-state index is 9.91.